The van der Waals surface area contributed by atoms with Gasteiger partial charge in [0.15, 0.2) is 11.5 Å². The number of nitrogens with one attached hydrogen (secondary N) is 1. The Balaban J connectivity index is 1.75. The van der Waals surface area contributed by atoms with Crippen molar-refractivity contribution in [3.05, 3.63) is 93.7 Å². The number of hydrogen-bond acceptors (Lipinski definition) is 3. The normalized spacial score (nSPS) is 11.9. The average Bonchev–Trinajstić information content (AvgIpc) is 2.78. The Morgan fingerprint density at radius 1 is 0.968 bits per heavy atom. The maximum Gasteiger partial charge on any atom is 0.175 e. The van der Waals surface area contributed by atoms with E-state index in [0.29, 0.717) is 30.2 Å². The molecule has 0 saturated carbocycles. The molecule has 0 bridgehead atoms. The zero-order valence-corrected chi connectivity index (χ0v) is 19.6. The van der Waals surface area contributed by atoms with E-state index in [0.717, 1.165) is 22.9 Å². The maximum absolute atomic E-state index is 14.0. The van der Waals surface area contributed by atoms with Crippen LogP contribution in [0, 0.1) is 5.82 Å². The molecule has 0 aliphatic rings. The Hall–Kier alpha value is -2.37. The van der Waals surface area contributed by atoms with Crippen LogP contribution in [0.1, 0.15) is 49.4 Å². The molecule has 0 aliphatic heterocycles. The summed E-state index contributed by atoms with van der Waals surface area (Å²) < 4.78 is 26.5. The zero-order chi connectivity index (χ0) is 22.1. The number of halogens is 2. The molecule has 0 radical (unpaired) electrons. The molecule has 1 unspecified atom stereocenters. The van der Waals surface area contributed by atoms with Gasteiger partial charge in [-0.25, -0.2) is 4.39 Å². The second-order valence-corrected chi connectivity index (χ2v) is 8.21. The van der Waals surface area contributed by atoms with Crippen molar-refractivity contribution in [1.82, 2.24) is 5.32 Å². The summed E-state index contributed by atoms with van der Waals surface area (Å²) in [5.41, 5.74) is 2.89. The van der Waals surface area contributed by atoms with E-state index < -0.39 is 0 Å². The summed E-state index contributed by atoms with van der Waals surface area (Å²) in [5.74, 6) is 0.957. The quantitative estimate of drug-likeness (QED) is 0.311. The average molecular weight is 486 g/mol. The van der Waals surface area contributed by atoms with Crippen molar-refractivity contribution in [2.24, 2.45) is 0 Å². The van der Waals surface area contributed by atoms with E-state index in [2.05, 4.69) is 52.4 Å². The molecule has 0 heterocycles. The van der Waals surface area contributed by atoms with Crippen molar-refractivity contribution >= 4 is 15.9 Å². The molecule has 0 aromatic heterocycles. The summed E-state index contributed by atoms with van der Waals surface area (Å²) in [6.07, 6.45) is 2.16. The minimum absolute atomic E-state index is 0.134. The van der Waals surface area contributed by atoms with Crippen molar-refractivity contribution in [1.29, 1.82) is 0 Å². The van der Waals surface area contributed by atoms with Crippen molar-refractivity contribution in [2.45, 2.75) is 45.9 Å². The molecule has 3 nitrogen and oxygen atoms in total. The Labute approximate surface area is 192 Å². The Morgan fingerprint density at radius 2 is 1.71 bits per heavy atom. The first-order valence-corrected chi connectivity index (χ1v) is 11.5. The third-order valence-electron chi connectivity index (χ3n) is 5.03. The Morgan fingerprint density at radius 3 is 2.42 bits per heavy atom. The van der Waals surface area contributed by atoms with Gasteiger partial charge in [-0.2, -0.15) is 0 Å². The van der Waals surface area contributed by atoms with Crippen LogP contribution in [0.4, 0.5) is 4.39 Å². The van der Waals surface area contributed by atoms with Gasteiger partial charge in [-0.15, -0.1) is 0 Å². The van der Waals surface area contributed by atoms with E-state index in [9.17, 15) is 4.39 Å². The van der Waals surface area contributed by atoms with E-state index in [4.69, 9.17) is 9.47 Å². The van der Waals surface area contributed by atoms with Gasteiger partial charge < -0.3 is 14.8 Å². The molecular weight excluding hydrogens is 457 g/mol. The monoisotopic (exact) mass is 485 g/mol. The van der Waals surface area contributed by atoms with E-state index in [1.165, 1.54) is 11.6 Å². The molecule has 0 amide bonds. The molecule has 3 aromatic carbocycles. The molecule has 0 fully saturated rings. The standard InChI is InChI=1S/C26H29BrFNO2/c1-3-10-24(20-11-6-5-7-12-20)29-17-19-15-22(27)26(25(16-19)30-4-2)31-18-21-13-8-9-14-23(21)28/h5-9,11-16,24,29H,3-4,10,17-18H2,1-2H3. The van der Waals surface area contributed by atoms with Gasteiger partial charge in [-0.3, -0.25) is 0 Å². The molecular formula is C26H29BrFNO2. The molecule has 31 heavy (non-hydrogen) atoms. The fraction of sp³-hybridized carbons (Fsp3) is 0.308. The van der Waals surface area contributed by atoms with Crippen LogP contribution in [0.5, 0.6) is 11.5 Å². The van der Waals surface area contributed by atoms with Gasteiger partial charge in [0.2, 0.25) is 0 Å². The molecule has 5 heteroatoms. The van der Waals surface area contributed by atoms with Gasteiger partial charge in [0.1, 0.15) is 12.4 Å². The summed E-state index contributed by atoms with van der Waals surface area (Å²) in [5, 5.41) is 3.67. The summed E-state index contributed by atoms with van der Waals surface area (Å²) in [6.45, 7) is 5.48. The lowest BCUT2D eigenvalue weighted by Crippen LogP contribution is -2.21. The lowest BCUT2D eigenvalue weighted by atomic mass is 10.0. The minimum atomic E-state index is -0.278. The van der Waals surface area contributed by atoms with Crippen molar-refractivity contribution in [2.75, 3.05) is 6.61 Å². The van der Waals surface area contributed by atoms with Crippen molar-refractivity contribution in [3.63, 3.8) is 0 Å². The van der Waals surface area contributed by atoms with Gasteiger partial charge in [0.25, 0.3) is 0 Å². The van der Waals surface area contributed by atoms with Crippen LogP contribution in [-0.4, -0.2) is 6.61 Å². The van der Waals surface area contributed by atoms with Crippen LogP contribution in [0.25, 0.3) is 0 Å². The van der Waals surface area contributed by atoms with Crippen LogP contribution >= 0.6 is 15.9 Å². The third-order valence-corrected chi connectivity index (χ3v) is 5.62. The Bertz CT molecular complexity index is 965. The summed E-state index contributed by atoms with van der Waals surface area (Å²) in [4.78, 5) is 0. The van der Waals surface area contributed by atoms with Crippen LogP contribution in [0.3, 0.4) is 0 Å². The summed E-state index contributed by atoms with van der Waals surface area (Å²) in [7, 11) is 0. The van der Waals surface area contributed by atoms with Crippen molar-refractivity contribution < 1.29 is 13.9 Å². The molecule has 3 aromatic rings. The molecule has 0 aliphatic carbocycles. The van der Waals surface area contributed by atoms with Gasteiger partial charge >= 0.3 is 0 Å². The summed E-state index contributed by atoms with van der Waals surface area (Å²) in [6, 6.07) is 21.4. The molecule has 0 spiro atoms. The zero-order valence-electron chi connectivity index (χ0n) is 18.0. The third kappa shape index (κ3) is 6.55. The highest BCUT2D eigenvalue weighted by Crippen LogP contribution is 2.38. The molecule has 1 N–H and O–H groups in total. The van der Waals surface area contributed by atoms with E-state index >= 15 is 0 Å². The van der Waals surface area contributed by atoms with Gasteiger partial charge in [0.05, 0.1) is 11.1 Å². The second-order valence-electron chi connectivity index (χ2n) is 7.35. The first-order valence-electron chi connectivity index (χ1n) is 10.7. The fourth-order valence-electron chi connectivity index (χ4n) is 3.49. The molecule has 1 atom stereocenters. The van der Waals surface area contributed by atoms with Crippen LogP contribution < -0.4 is 14.8 Å². The fourth-order valence-corrected chi connectivity index (χ4v) is 4.10. The SMILES string of the molecule is CCCC(NCc1cc(Br)c(OCc2ccccc2F)c(OCC)c1)c1ccccc1. The number of hydrogen-bond donors (Lipinski definition) is 1. The van der Waals surface area contributed by atoms with Crippen molar-refractivity contribution in [3.8, 4) is 11.5 Å². The highest BCUT2D eigenvalue weighted by molar-refractivity contribution is 9.10. The van der Waals surface area contributed by atoms with E-state index in [1.807, 2.05) is 25.1 Å². The van der Waals surface area contributed by atoms with Crippen LogP contribution in [-0.2, 0) is 13.2 Å². The number of rotatable bonds is 11. The molecule has 3 rings (SSSR count). The first kappa shape index (κ1) is 23.3. The van der Waals surface area contributed by atoms with E-state index in [1.54, 1.807) is 18.2 Å². The smallest absolute Gasteiger partial charge is 0.175 e. The largest absolute Gasteiger partial charge is 0.490 e. The first-order chi connectivity index (χ1) is 15.1. The minimum Gasteiger partial charge on any atom is -0.490 e. The lowest BCUT2D eigenvalue weighted by molar-refractivity contribution is 0.264. The predicted molar refractivity (Wildman–Crippen MR) is 127 cm³/mol. The lowest BCUT2D eigenvalue weighted by Gasteiger charge is -2.20. The highest BCUT2D eigenvalue weighted by Gasteiger charge is 2.15. The molecule has 164 valence electrons. The molecule has 0 saturated heterocycles. The van der Waals surface area contributed by atoms with Crippen LogP contribution in [0.2, 0.25) is 0 Å². The van der Waals surface area contributed by atoms with Gasteiger partial charge in [-0.1, -0.05) is 61.9 Å². The van der Waals surface area contributed by atoms with Gasteiger partial charge in [0, 0.05) is 18.2 Å². The highest BCUT2D eigenvalue weighted by atomic mass is 79.9. The van der Waals surface area contributed by atoms with Gasteiger partial charge in [-0.05, 0) is 58.6 Å². The number of ether oxygens (including phenoxy) is 2. The maximum atomic E-state index is 14.0. The number of benzene rings is 3. The predicted octanol–water partition coefficient (Wildman–Crippen LogP) is 7.20. The second kappa shape index (κ2) is 11.9. The van der Waals surface area contributed by atoms with Crippen LogP contribution in [0.15, 0.2) is 71.2 Å². The topological polar surface area (TPSA) is 30.5 Å². The Kier molecular flexibility index (Phi) is 8.92. The van der Waals surface area contributed by atoms with E-state index in [-0.39, 0.29) is 18.5 Å². The summed E-state index contributed by atoms with van der Waals surface area (Å²) >= 11 is 3.62.